The highest BCUT2D eigenvalue weighted by molar-refractivity contribution is 5.01. The summed E-state index contributed by atoms with van der Waals surface area (Å²) in [4.78, 5) is 11.1. The van der Waals surface area contributed by atoms with Crippen molar-refractivity contribution in [1.82, 2.24) is 19.6 Å². The maximum atomic E-state index is 5.62. The van der Waals surface area contributed by atoms with E-state index in [9.17, 15) is 0 Å². The van der Waals surface area contributed by atoms with Gasteiger partial charge in [0.15, 0.2) is 0 Å². The van der Waals surface area contributed by atoms with E-state index < -0.39 is 0 Å². The molecule has 0 spiro atoms. The molecule has 4 rings (SSSR count). The molecule has 0 aromatic rings. The summed E-state index contributed by atoms with van der Waals surface area (Å²) in [6.45, 7) is 15.8. The number of nitrogens with zero attached hydrogens (tertiary/aromatic N) is 4. The van der Waals surface area contributed by atoms with E-state index in [-0.39, 0.29) is 0 Å². The van der Waals surface area contributed by atoms with Crippen LogP contribution in [0.25, 0.3) is 0 Å². The number of likely N-dealkylation sites (tertiary alicyclic amines) is 3. The molecule has 4 fully saturated rings. The fraction of sp³-hybridized carbons (Fsp3) is 1.00. The molecule has 0 aromatic carbocycles. The second kappa shape index (κ2) is 9.33. The molecule has 1 atom stereocenters. The van der Waals surface area contributed by atoms with Crippen molar-refractivity contribution in [2.24, 2.45) is 0 Å². The van der Waals surface area contributed by atoms with Crippen molar-refractivity contribution >= 4 is 0 Å². The zero-order chi connectivity index (χ0) is 17.7. The van der Waals surface area contributed by atoms with Crippen molar-refractivity contribution in [1.29, 1.82) is 0 Å². The Morgan fingerprint density at radius 1 is 0.577 bits per heavy atom. The minimum atomic E-state index is 0.383. The Hall–Kier alpha value is -0.200. The van der Waals surface area contributed by atoms with Gasteiger partial charge in [0.05, 0.1) is 13.2 Å². The Balaban J connectivity index is 1.42. The lowest BCUT2D eigenvalue weighted by Gasteiger charge is -2.46. The van der Waals surface area contributed by atoms with Crippen molar-refractivity contribution in [2.45, 2.75) is 50.5 Å². The highest BCUT2D eigenvalue weighted by atomic mass is 16.5. The topological polar surface area (TPSA) is 22.2 Å². The van der Waals surface area contributed by atoms with Gasteiger partial charge in [-0.3, -0.25) is 9.80 Å². The van der Waals surface area contributed by atoms with Crippen LogP contribution in [0.3, 0.4) is 0 Å². The number of piperidine rings is 1. The number of morpholine rings is 1. The van der Waals surface area contributed by atoms with E-state index in [0.717, 1.165) is 26.3 Å². The van der Waals surface area contributed by atoms with Crippen LogP contribution in [-0.2, 0) is 4.74 Å². The van der Waals surface area contributed by atoms with Gasteiger partial charge in [0, 0.05) is 44.8 Å². The van der Waals surface area contributed by atoms with E-state index in [0.29, 0.717) is 5.54 Å². The van der Waals surface area contributed by atoms with Crippen LogP contribution in [0.4, 0.5) is 0 Å². The van der Waals surface area contributed by atoms with Gasteiger partial charge in [0.2, 0.25) is 0 Å². The SMILES string of the molecule is C1CCN(CC2(CN3CCOCC3)CCCN2CCN2CCCC2)CC1. The van der Waals surface area contributed by atoms with Crippen LogP contribution in [0, 0.1) is 0 Å². The summed E-state index contributed by atoms with van der Waals surface area (Å²) in [5.74, 6) is 0. The molecule has 4 aliphatic rings. The molecule has 4 heterocycles. The van der Waals surface area contributed by atoms with Gasteiger partial charge in [-0.1, -0.05) is 6.42 Å². The molecular formula is C21H40N4O. The first kappa shape index (κ1) is 19.1. The molecule has 1 unspecified atom stereocenters. The molecule has 4 saturated heterocycles. The maximum Gasteiger partial charge on any atom is 0.0594 e. The zero-order valence-electron chi connectivity index (χ0n) is 16.8. The number of hydrogen-bond acceptors (Lipinski definition) is 5. The third-order valence-corrected chi connectivity index (χ3v) is 7.21. The lowest BCUT2D eigenvalue weighted by molar-refractivity contribution is -0.00930. The van der Waals surface area contributed by atoms with Crippen LogP contribution < -0.4 is 0 Å². The summed E-state index contributed by atoms with van der Waals surface area (Å²) in [5.41, 5.74) is 0.383. The molecule has 0 N–H and O–H groups in total. The van der Waals surface area contributed by atoms with Gasteiger partial charge >= 0.3 is 0 Å². The molecule has 0 aromatic heterocycles. The van der Waals surface area contributed by atoms with Gasteiger partial charge in [-0.2, -0.15) is 0 Å². The summed E-state index contributed by atoms with van der Waals surface area (Å²) in [6.07, 6.45) is 9.84. The first-order chi connectivity index (χ1) is 12.8. The van der Waals surface area contributed by atoms with Crippen LogP contribution >= 0.6 is 0 Å². The van der Waals surface area contributed by atoms with Crippen molar-refractivity contribution in [3.05, 3.63) is 0 Å². The average Bonchev–Trinajstić information content (AvgIpc) is 3.32. The summed E-state index contributed by atoms with van der Waals surface area (Å²) in [5, 5.41) is 0. The summed E-state index contributed by atoms with van der Waals surface area (Å²) < 4.78 is 5.62. The van der Waals surface area contributed by atoms with Gasteiger partial charge < -0.3 is 14.5 Å². The van der Waals surface area contributed by atoms with Gasteiger partial charge in [0.25, 0.3) is 0 Å². The van der Waals surface area contributed by atoms with Crippen molar-refractivity contribution in [3.8, 4) is 0 Å². The molecule has 150 valence electrons. The normalized spacial score (nSPS) is 33.2. The molecule has 5 heteroatoms. The molecule has 0 bridgehead atoms. The molecular weight excluding hydrogens is 324 g/mol. The van der Waals surface area contributed by atoms with Gasteiger partial charge in [-0.15, -0.1) is 0 Å². The fourth-order valence-corrected chi connectivity index (χ4v) is 5.73. The zero-order valence-corrected chi connectivity index (χ0v) is 16.8. The predicted octanol–water partition coefficient (Wildman–Crippen LogP) is 1.73. The quantitative estimate of drug-likeness (QED) is 0.684. The second-order valence-electron chi connectivity index (χ2n) is 9.09. The van der Waals surface area contributed by atoms with Gasteiger partial charge in [0.1, 0.15) is 0 Å². The number of rotatable bonds is 7. The third kappa shape index (κ3) is 4.79. The minimum Gasteiger partial charge on any atom is -0.379 e. The van der Waals surface area contributed by atoms with Crippen LogP contribution in [-0.4, -0.2) is 110 Å². The summed E-state index contributed by atoms with van der Waals surface area (Å²) in [7, 11) is 0. The van der Waals surface area contributed by atoms with E-state index in [4.69, 9.17) is 4.74 Å². The number of hydrogen-bond donors (Lipinski definition) is 0. The number of ether oxygens (including phenoxy) is 1. The van der Waals surface area contributed by atoms with E-state index in [1.807, 2.05) is 0 Å². The Morgan fingerprint density at radius 2 is 1.19 bits per heavy atom. The molecule has 26 heavy (non-hydrogen) atoms. The van der Waals surface area contributed by atoms with E-state index in [1.54, 1.807) is 0 Å². The molecule has 0 aliphatic carbocycles. The van der Waals surface area contributed by atoms with Crippen LogP contribution in [0.5, 0.6) is 0 Å². The highest BCUT2D eigenvalue weighted by Gasteiger charge is 2.43. The van der Waals surface area contributed by atoms with E-state index in [1.165, 1.54) is 104 Å². The lowest BCUT2D eigenvalue weighted by atomic mass is 9.92. The van der Waals surface area contributed by atoms with E-state index in [2.05, 4.69) is 19.6 Å². The average molecular weight is 365 g/mol. The van der Waals surface area contributed by atoms with Crippen LogP contribution in [0.1, 0.15) is 44.9 Å². The summed E-state index contributed by atoms with van der Waals surface area (Å²) in [6, 6.07) is 0. The first-order valence-corrected chi connectivity index (χ1v) is 11.3. The van der Waals surface area contributed by atoms with Crippen molar-refractivity contribution < 1.29 is 4.74 Å². The van der Waals surface area contributed by atoms with E-state index >= 15 is 0 Å². The standard InChI is InChI=1S/C21H40N4O/c1-2-10-23(11-3-1)19-21(20-24-15-17-26-18-16-24)7-6-12-25(21)14-13-22-8-4-5-9-22/h1-20H2. The largest absolute Gasteiger partial charge is 0.379 e. The molecule has 0 radical (unpaired) electrons. The van der Waals surface area contributed by atoms with Gasteiger partial charge in [-0.05, 0) is 71.2 Å². The summed E-state index contributed by atoms with van der Waals surface area (Å²) >= 11 is 0. The predicted molar refractivity (Wildman–Crippen MR) is 107 cm³/mol. The Bertz CT molecular complexity index is 394. The minimum absolute atomic E-state index is 0.383. The smallest absolute Gasteiger partial charge is 0.0594 e. The highest BCUT2D eigenvalue weighted by Crippen LogP contribution is 2.32. The molecule has 0 amide bonds. The molecule has 0 saturated carbocycles. The molecule has 4 aliphatic heterocycles. The Morgan fingerprint density at radius 3 is 1.92 bits per heavy atom. The monoisotopic (exact) mass is 364 g/mol. The Labute approximate surface area is 160 Å². The maximum absolute atomic E-state index is 5.62. The Kier molecular flexibility index (Phi) is 6.87. The van der Waals surface area contributed by atoms with Crippen LogP contribution in [0.15, 0.2) is 0 Å². The van der Waals surface area contributed by atoms with Crippen molar-refractivity contribution in [3.63, 3.8) is 0 Å². The van der Waals surface area contributed by atoms with Gasteiger partial charge in [-0.25, -0.2) is 0 Å². The molecule has 5 nitrogen and oxygen atoms in total. The third-order valence-electron chi connectivity index (χ3n) is 7.21. The van der Waals surface area contributed by atoms with Crippen molar-refractivity contribution in [2.75, 3.05) is 85.2 Å². The van der Waals surface area contributed by atoms with Crippen LogP contribution in [0.2, 0.25) is 0 Å². The lowest BCUT2D eigenvalue weighted by Crippen LogP contribution is -2.60. The fourth-order valence-electron chi connectivity index (χ4n) is 5.73. The first-order valence-electron chi connectivity index (χ1n) is 11.3. The second-order valence-corrected chi connectivity index (χ2v) is 9.09.